The Hall–Kier alpha value is -0.610. The van der Waals surface area contributed by atoms with Crippen LogP contribution in [0.4, 0.5) is 0 Å². The van der Waals surface area contributed by atoms with E-state index < -0.39 is 5.97 Å². The summed E-state index contributed by atoms with van der Waals surface area (Å²) in [5.74, 6) is -0.990. The van der Waals surface area contributed by atoms with E-state index in [2.05, 4.69) is 24.1 Å². The van der Waals surface area contributed by atoms with Crippen molar-refractivity contribution in [2.45, 2.75) is 20.3 Å². The van der Waals surface area contributed by atoms with Gasteiger partial charge in [0.05, 0.1) is 0 Å². The van der Waals surface area contributed by atoms with Crippen LogP contribution in [0.25, 0.3) is 0 Å². The van der Waals surface area contributed by atoms with Gasteiger partial charge in [0.1, 0.15) is 0 Å². The van der Waals surface area contributed by atoms with Crippen LogP contribution in [-0.2, 0) is 4.79 Å². The van der Waals surface area contributed by atoms with Crippen molar-refractivity contribution >= 4 is 5.97 Å². The molecule has 0 heterocycles. The summed E-state index contributed by atoms with van der Waals surface area (Å²) >= 11 is 0. The van der Waals surface area contributed by atoms with Crippen LogP contribution in [0.3, 0.4) is 0 Å². The Morgan fingerprint density at radius 2 is 1.92 bits per heavy atom. The molecule has 4 heteroatoms. The second-order valence-electron chi connectivity index (χ2n) is 2.90. The molecule has 0 unspecified atom stereocenters. The molecule has 0 aromatic carbocycles. The first-order chi connectivity index (χ1) is 6.20. The minimum Gasteiger partial charge on any atom is -0.550 e. The molecule has 0 rings (SSSR count). The molecule has 13 heavy (non-hydrogen) atoms. The third-order valence-corrected chi connectivity index (χ3v) is 2.01. The number of carbonyl (C=O) groups is 1. The third-order valence-electron chi connectivity index (χ3n) is 2.01. The van der Waals surface area contributed by atoms with Crippen molar-refractivity contribution in [2.24, 2.45) is 0 Å². The van der Waals surface area contributed by atoms with E-state index in [9.17, 15) is 9.90 Å². The van der Waals surface area contributed by atoms with E-state index in [4.69, 9.17) is 0 Å². The molecule has 0 bridgehead atoms. The van der Waals surface area contributed by atoms with Crippen molar-refractivity contribution in [3.8, 4) is 0 Å². The predicted octanol–water partition coefficient (Wildman–Crippen LogP) is -0.942. The minimum atomic E-state index is -0.990. The summed E-state index contributed by atoms with van der Waals surface area (Å²) in [6, 6.07) is 0. The molecule has 78 valence electrons. The maximum atomic E-state index is 10.0. The molecule has 0 aliphatic heterocycles. The standard InChI is InChI=1S/C9H20N2O2/c1-3-11(4-2)8-7-10-6-5-9(12)13/h10H,3-8H2,1-2H3,(H,12,13)/p-1. The first-order valence-corrected chi connectivity index (χ1v) is 4.83. The second kappa shape index (κ2) is 8.01. The van der Waals surface area contributed by atoms with Crippen LogP contribution in [0.1, 0.15) is 20.3 Å². The predicted molar refractivity (Wildman–Crippen MR) is 50.3 cm³/mol. The summed E-state index contributed by atoms with van der Waals surface area (Å²) in [6.45, 7) is 8.63. The molecule has 0 spiro atoms. The highest BCUT2D eigenvalue weighted by Gasteiger charge is 1.96. The molecular formula is C9H19N2O2-. The molecular weight excluding hydrogens is 168 g/mol. The molecule has 0 aliphatic rings. The van der Waals surface area contributed by atoms with Gasteiger partial charge in [-0.1, -0.05) is 13.8 Å². The zero-order valence-corrected chi connectivity index (χ0v) is 8.51. The fourth-order valence-corrected chi connectivity index (χ4v) is 1.09. The monoisotopic (exact) mass is 187 g/mol. The fraction of sp³-hybridized carbons (Fsp3) is 0.889. The highest BCUT2D eigenvalue weighted by molar-refractivity contribution is 5.64. The van der Waals surface area contributed by atoms with E-state index in [0.717, 1.165) is 26.2 Å². The number of carbonyl (C=O) groups excluding carboxylic acids is 1. The number of carboxylic acid groups (broad SMARTS) is 1. The van der Waals surface area contributed by atoms with Gasteiger partial charge in [0, 0.05) is 25.6 Å². The van der Waals surface area contributed by atoms with Gasteiger partial charge < -0.3 is 20.1 Å². The highest BCUT2D eigenvalue weighted by Crippen LogP contribution is 1.84. The molecule has 0 saturated heterocycles. The first-order valence-electron chi connectivity index (χ1n) is 4.83. The number of rotatable bonds is 8. The average molecular weight is 187 g/mol. The average Bonchev–Trinajstić information content (AvgIpc) is 2.11. The largest absolute Gasteiger partial charge is 0.550 e. The zero-order chi connectivity index (χ0) is 10.1. The van der Waals surface area contributed by atoms with Crippen molar-refractivity contribution < 1.29 is 9.90 Å². The molecule has 4 nitrogen and oxygen atoms in total. The normalized spacial score (nSPS) is 10.7. The van der Waals surface area contributed by atoms with Crippen LogP contribution in [0, 0.1) is 0 Å². The maximum absolute atomic E-state index is 10.0. The van der Waals surface area contributed by atoms with Gasteiger partial charge in [0.2, 0.25) is 0 Å². The van der Waals surface area contributed by atoms with Gasteiger partial charge in [-0.15, -0.1) is 0 Å². The van der Waals surface area contributed by atoms with Crippen LogP contribution in [0.15, 0.2) is 0 Å². The molecule has 0 radical (unpaired) electrons. The fourth-order valence-electron chi connectivity index (χ4n) is 1.09. The van der Waals surface area contributed by atoms with Crippen molar-refractivity contribution in [3.63, 3.8) is 0 Å². The Labute approximate surface area is 79.9 Å². The quantitative estimate of drug-likeness (QED) is 0.498. The summed E-state index contributed by atoms with van der Waals surface area (Å²) in [7, 11) is 0. The van der Waals surface area contributed by atoms with Crippen molar-refractivity contribution in [3.05, 3.63) is 0 Å². The van der Waals surface area contributed by atoms with Gasteiger partial charge in [0.25, 0.3) is 0 Å². The minimum absolute atomic E-state index is 0.0955. The van der Waals surface area contributed by atoms with Gasteiger partial charge in [-0.2, -0.15) is 0 Å². The van der Waals surface area contributed by atoms with Crippen molar-refractivity contribution in [1.29, 1.82) is 0 Å². The topological polar surface area (TPSA) is 55.4 Å². The Morgan fingerprint density at radius 1 is 1.31 bits per heavy atom. The zero-order valence-electron chi connectivity index (χ0n) is 8.51. The Morgan fingerprint density at radius 3 is 2.38 bits per heavy atom. The highest BCUT2D eigenvalue weighted by atomic mass is 16.4. The van der Waals surface area contributed by atoms with E-state index in [1.165, 1.54) is 0 Å². The molecule has 1 N–H and O–H groups in total. The van der Waals surface area contributed by atoms with Crippen LogP contribution in [-0.4, -0.2) is 43.6 Å². The number of hydrogen-bond acceptors (Lipinski definition) is 4. The van der Waals surface area contributed by atoms with E-state index in [0.29, 0.717) is 6.54 Å². The van der Waals surface area contributed by atoms with E-state index in [-0.39, 0.29) is 6.42 Å². The van der Waals surface area contributed by atoms with Gasteiger partial charge in [-0.25, -0.2) is 0 Å². The van der Waals surface area contributed by atoms with E-state index in [1.54, 1.807) is 0 Å². The van der Waals surface area contributed by atoms with Crippen LogP contribution >= 0.6 is 0 Å². The van der Waals surface area contributed by atoms with Crippen molar-refractivity contribution in [1.82, 2.24) is 10.2 Å². The van der Waals surface area contributed by atoms with E-state index >= 15 is 0 Å². The number of aliphatic carboxylic acids is 1. The number of nitrogens with one attached hydrogen (secondary N) is 1. The molecule has 0 fully saturated rings. The van der Waals surface area contributed by atoms with Gasteiger partial charge in [-0.3, -0.25) is 0 Å². The van der Waals surface area contributed by atoms with Crippen LogP contribution < -0.4 is 10.4 Å². The molecule has 0 atom stereocenters. The maximum Gasteiger partial charge on any atom is 0.0426 e. The van der Waals surface area contributed by atoms with Crippen LogP contribution in [0.5, 0.6) is 0 Å². The van der Waals surface area contributed by atoms with Gasteiger partial charge >= 0.3 is 0 Å². The summed E-state index contributed by atoms with van der Waals surface area (Å²) in [5, 5.41) is 13.1. The Bertz CT molecular complexity index is 136. The first kappa shape index (κ1) is 12.4. The summed E-state index contributed by atoms with van der Waals surface area (Å²) in [6.07, 6.45) is 0.0955. The van der Waals surface area contributed by atoms with Gasteiger partial charge in [-0.05, 0) is 19.5 Å². The smallest absolute Gasteiger partial charge is 0.0426 e. The summed E-state index contributed by atoms with van der Waals surface area (Å²) < 4.78 is 0. The SMILES string of the molecule is CCN(CC)CCNCCC(=O)[O-]. The number of nitrogens with zero attached hydrogens (tertiary/aromatic N) is 1. The molecule has 0 aromatic rings. The summed E-state index contributed by atoms with van der Waals surface area (Å²) in [5.41, 5.74) is 0. The third kappa shape index (κ3) is 7.74. The Balaban J connectivity index is 3.19. The lowest BCUT2D eigenvalue weighted by atomic mass is 10.4. The lowest BCUT2D eigenvalue weighted by Crippen LogP contribution is -2.34. The van der Waals surface area contributed by atoms with Crippen molar-refractivity contribution in [2.75, 3.05) is 32.7 Å². The summed E-state index contributed by atoms with van der Waals surface area (Å²) in [4.78, 5) is 12.3. The molecule has 0 saturated carbocycles. The second-order valence-corrected chi connectivity index (χ2v) is 2.90. The van der Waals surface area contributed by atoms with Crippen LogP contribution in [0.2, 0.25) is 0 Å². The number of carboxylic acids is 1. The van der Waals surface area contributed by atoms with E-state index in [1.807, 2.05) is 0 Å². The molecule has 0 aromatic heterocycles. The lowest BCUT2D eigenvalue weighted by molar-refractivity contribution is -0.305. The molecule has 0 amide bonds. The van der Waals surface area contributed by atoms with Gasteiger partial charge in [0.15, 0.2) is 0 Å². The lowest BCUT2D eigenvalue weighted by Gasteiger charge is -2.17. The Kier molecular flexibility index (Phi) is 7.63. The molecule has 0 aliphatic carbocycles. The number of hydrogen-bond donors (Lipinski definition) is 1. The number of likely N-dealkylation sites (N-methyl/N-ethyl adjacent to an activating group) is 1.